The maximum absolute atomic E-state index is 6.19. The van der Waals surface area contributed by atoms with Crippen LogP contribution >= 0.6 is 0 Å². The van der Waals surface area contributed by atoms with Gasteiger partial charge in [0.25, 0.3) is 0 Å². The van der Waals surface area contributed by atoms with Crippen LogP contribution in [0.4, 0.5) is 0 Å². The minimum atomic E-state index is 0.0454. The molecule has 220 valence electrons. The van der Waals surface area contributed by atoms with Crippen molar-refractivity contribution in [1.29, 1.82) is 0 Å². The lowest BCUT2D eigenvalue weighted by Gasteiger charge is -2.31. The quantitative estimate of drug-likeness (QED) is 0.334. The van der Waals surface area contributed by atoms with E-state index in [9.17, 15) is 0 Å². The second kappa shape index (κ2) is 14.1. The number of unbranched alkanes of at least 4 members (excludes halogenated alkanes) is 2. The lowest BCUT2D eigenvalue weighted by molar-refractivity contribution is 0.313. The number of hydrogen-bond donors (Lipinski definition) is 0. The Kier molecular flexibility index (Phi) is 12.0. The molecule has 1 spiro atoms. The van der Waals surface area contributed by atoms with Crippen LogP contribution in [0.15, 0.2) is 24.3 Å². The highest BCUT2D eigenvalue weighted by atomic mass is 16.5. The van der Waals surface area contributed by atoms with Crippen LogP contribution in [0.2, 0.25) is 0 Å². The largest absolute Gasteiger partial charge is 0.493 e. The van der Waals surface area contributed by atoms with E-state index in [1.165, 1.54) is 59.1 Å². The lowest BCUT2D eigenvalue weighted by Crippen LogP contribution is -2.27. The fourth-order valence-electron chi connectivity index (χ4n) is 6.31. The smallest absolute Gasteiger partial charge is 0.122 e. The molecule has 0 saturated heterocycles. The van der Waals surface area contributed by atoms with Crippen molar-refractivity contribution in [1.82, 2.24) is 0 Å². The molecule has 0 aromatic heterocycles. The van der Waals surface area contributed by atoms with Gasteiger partial charge in [0.05, 0.1) is 13.2 Å². The van der Waals surface area contributed by atoms with Crippen molar-refractivity contribution in [3.8, 4) is 11.5 Å². The number of rotatable bonds is 8. The summed E-state index contributed by atoms with van der Waals surface area (Å²) in [4.78, 5) is 0. The Balaban J connectivity index is 0.000000590. The zero-order valence-electron chi connectivity index (χ0n) is 27.7. The summed E-state index contributed by atoms with van der Waals surface area (Å²) in [5.74, 6) is 2.11. The van der Waals surface area contributed by atoms with Crippen molar-refractivity contribution in [3.05, 3.63) is 57.6 Å². The first-order chi connectivity index (χ1) is 18.4. The van der Waals surface area contributed by atoms with Gasteiger partial charge in [-0.25, -0.2) is 0 Å². The zero-order valence-corrected chi connectivity index (χ0v) is 27.7. The van der Waals surface area contributed by atoms with Crippen molar-refractivity contribution >= 4 is 0 Å². The summed E-state index contributed by atoms with van der Waals surface area (Å²) in [7, 11) is 0. The summed E-state index contributed by atoms with van der Waals surface area (Å²) in [6, 6.07) is 9.58. The Morgan fingerprint density at radius 3 is 1.23 bits per heavy atom. The summed E-state index contributed by atoms with van der Waals surface area (Å²) < 4.78 is 12.3. The van der Waals surface area contributed by atoms with Gasteiger partial charge in [-0.3, -0.25) is 0 Å². The monoisotopic (exact) mass is 536 g/mol. The molecule has 2 heteroatoms. The molecule has 4 rings (SSSR count). The van der Waals surface area contributed by atoms with Crippen molar-refractivity contribution in [3.63, 3.8) is 0 Å². The molecule has 2 nitrogen and oxygen atoms in total. The van der Waals surface area contributed by atoms with Crippen LogP contribution < -0.4 is 9.47 Å². The SMILES string of the molecule is CCCC.CCCC.CCCOc1cc2c(cc1C)C1(CC2(C)C)CC(C)(C)c2cc(C)c(OCCC)cc21. The molecule has 2 aliphatic carbocycles. The first-order valence-corrected chi connectivity index (χ1v) is 16.0. The highest BCUT2D eigenvalue weighted by Gasteiger charge is 2.56. The highest BCUT2D eigenvalue weighted by Crippen LogP contribution is 2.63. The fourth-order valence-corrected chi connectivity index (χ4v) is 6.31. The topological polar surface area (TPSA) is 18.5 Å². The van der Waals surface area contributed by atoms with Crippen molar-refractivity contribution in [2.75, 3.05) is 13.2 Å². The van der Waals surface area contributed by atoms with E-state index in [2.05, 4.69) is 107 Å². The van der Waals surface area contributed by atoms with Crippen molar-refractivity contribution < 1.29 is 9.47 Å². The van der Waals surface area contributed by atoms with Gasteiger partial charge in [0, 0.05) is 5.41 Å². The molecular weight excluding hydrogens is 476 g/mol. The normalized spacial score (nSPS) is 19.4. The van der Waals surface area contributed by atoms with Crippen LogP contribution in [0.25, 0.3) is 0 Å². The van der Waals surface area contributed by atoms with Gasteiger partial charge in [-0.2, -0.15) is 0 Å². The average Bonchev–Trinajstić information content (AvgIpc) is 3.24. The Hall–Kier alpha value is -1.96. The molecule has 0 fully saturated rings. The van der Waals surface area contributed by atoms with Crippen LogP contribution in [0.5, 0.6) is 11.5 Å². The molecule has 0 amide bonds. The molecule has 2 aromatic carbocycles. The second-order valence-electron chi connectivity index (χ2n) is 13.2. The van der Waals surface area contributed by atoms with Gasteiger partial charge in [-0.05, 0) is 95.9 Å². The Morgan fingerprint density at radius 1 is 0.513 bits per heavy atom. The van der Waals surface area contributed by atoms with E-state index in [0.29, 0.717) is 0 Å². The Morgan fingerprint density at radius 2 is 0.846 bits per heavy atom. The summed E-state index contributed by atoms with van der Waals surface area (Å²) in [6.07, 6.45) is 9.63. The molecule has 1 unspecified atom stereocenters. The molecule has 0 N–H and O–H groups in total. The third kappa shape index (κ3) is 7.22. The van der Waals surface area contributed by atoms with Crippen LogP contribution in [-0.4, -0.2) is 13.2 Å². The summed E-state index contributed by atoms with van der Waals surface area (Å²) >= 11 is 0. The van der Waals surface area contributed by atoms with Gasteiger partial charge in [0.1, 0.15) is 11.5 Å². The van der Waals surface area contributed by atoms with Crippen LogP contribution in [-0.2, 0) is 16.2 Å². The van der Waals surface area contributed by atoms with Gasteiger partial charge in [0.15, 0.2) is 0 Å². The summed E-state index contributed by atoms with van der Waals surface area (Å²) in [5, 5.41) is 0. The van der Waals surface area contributed by atoms with E-state index >= 15 is 0 Å². The predicted octanol–water partition coefficient (Wildman–Crippen LogP) is 11.1. The van der Waals surface area contributed by atoms with Crippen molar-refractivity contribution in [2.24, 2.45) is 0 Å². The van der Waals surface area contributed by atoms with E-state index in [1.54, 1.807) is 0 Å². The molecule has 39 heavy (non-hydrogen) atoms. The fraction of sp³-hybridized carbons (Fsp3) is 0.676. The van der Waals surface area contributed by atoms with Gasteiger partial charge in [0.2, 0.25) is 0 Å². The predicted molar refractivity (Wildman–Crippen MR) is 171 cm³/mol. The van der Waals surface area contributed by atoms with Gasteiger partial charge < -0.3 is 9.47 Å². The maximum atomic E-state index is 6.19. The zero-order chi connectivity index (χ0) is 29.4. The van der Waals surface area contributed by atoms with E-state index in [4.69, 9.17) is 9.47 Å². The van der Waals surface area contributed by atoms with Gasteiger partial charge in [-0.15, -0.1) is 0 Å². The molecule has 2 aromatic rings. The molecular formula is C37H60O2. The van der Waals surface area contributed by atoms with E-state index in [-0.39, 0.29) is 16.2 Å². The molecule has 0 radical (unpaired) electrons. The molecule has 2 aliphatic rings. The number of benzene rings is 2. The van der Waals surface area contributed by atoms with Crippen LogP contribution in [0.3, 0.4) is 0 Å². The van der Waals surface area contributed by atoms with Gasteiger partial charge in [-0.1, -0.05) is 107 Å². The highest BCUT2D eigenvalue weighted by molar-refractivity contribution is 5.63. The standard InChI is InChI=1S/C29H40O2.2C4H10/c1-9-11-30-25-15-22-23(14-20(25)4)29(18-28(22,7)8)17-27(5,6)21-13-19(3)26(16-24(21)29)31-12-10-2;2*1-3-4-2/h13-16H,9-12,17-18H2,1-8H3;2*3-4H2,1-2H3. The van der Waals surface area contributed by atoms with Crippen molar-refractivity contribution in [2.45, 2.75) is 151 Å². The van der Waals surface area contributed by atoms with Crippen LogP contribution in [0.1, 0.15) is 154 Å². The van der Waals surface area contributed by atoms with Crippen LogP contribution in [0, 0.1) is 13.8 Å². The van der Waals surface area contributed by atoms with Gasteiger partial charge >= 0.3 is 0 Å². The Bertz CT molecular complexity index is 1050. The van der Waals surface area contributed by atoms with E-state index in [0.717, 1.165) is 50.4 Å². The minimum Gasteiger partial charge on any atom is -0.493 e. The molecule has 0 aliphatic heterocycles. The first-order valence-electron chi connectivity index (χ1n) is 16.0. The number of ether oxygens (including phenoxy) is 2. The Labute approximate surface area is 242 Å². The number of hydrogen-bond acceptors (Lipinski definition) is 2. The van der Waals surface area contributed by atoms with E-state index in [1.807, 2.05) is 0 Å². The third-order valence-corrected chi connectivity index (χ3v) is 8.53. The molecule has 0 heterocycles. The molecule has 0 saturated carbocycles. The lowest BCUT2D eigenvalue weighted by atomic mass is 9.72. The first kappa shape index (κ1) is 33.2. The molecule has 0 bridgehead atoms. The van der Waals surface area contributed by atoms with E-state index < -0.39 is 0 Å². The third-order valence-electron chi connectivity index (χ3n) is 8.53. The minimum absolute atomic E-state index is 0.0454. The maximum Gasteiger partial charge on any atom is 0.122 e. The average molecular weight is 537 g/mol. The number of fused-ring (bicyclic) bond motifs is 4. The molecule has 1 atom stereocenters. The summed E-state index contributed by atoms with van der Waals surface area (Å²) in [5.41, 5.74) is 8.78. The second-order valence-corrected chi connectivity index (χ2v) is 13.2. The number of aryl methyl sites for hydroxylation is 2. The summed E-state index contributed by atoms with van der Waals surface area (Å²) in [6.45, 7) is 28.7.